The van der Waals surface area contributed by atoms with E-state index in [1.54, 1.807) is 7.11 Å². The number of aryl methyl sites for hydroxylation is 1. The van der Waals surface area contributed by atoms with Gasteiger partial charge in [0.25, 0.3) is 0 Å². The van der Waals surface area contributed by atoms with Crippen molar-refractivity contribution in [3.05, 3.63) is 40.5 Å². The minimum Gasteiger partial charge on any atom is -0.497 e. The van der Waals surface area contributed by atoms with E-state index >= 15 is 0 Å². The van der Waals surface area contributed by atoms with Crippen LogP contribution in [0.15, 0.2) is 24.3 Å². The first-order valence-electron chi connectivity index (χ1n) is 7.49. The summed E-state index contributed by atoms with van der Waals surface area (Å²) in [5.41, 5.74) is 3.83. The van der Waals surface area contributed by atoms with Gasteiger partial charge in [-0.25, -0.2) is 9.78 Å². The third-order valence-corrected chi connectivity index (χ3v) is 5.31. The average Bonchev–Trinajstić information content (AvgIpc) is 3.24. The van der Waals surface area contributed by atoms with E-state index in [0.717, 1.165) is 46.2 Å². The second kappa shape index (κ2) is 5.09. The average molecular weight is 328 g/mol. The van der Waals surface area contributed by atoms with Crippen molar-refractivity contribution in [2.75, 3.05) is 7.11 Å². The summed E-state index contributed by atoms with van der Waals surface area (Å²) >= 11 is 1.27. The van der Waals surface area contributed by atoms with E-state index in [9.17, 15) is 9.90 Å². The molecule has 0 unspecified atom stereocenters. The number of aromatic carboxylic acids is 1. The lowest BCUT2D eigenvalue weighted by atomic mass is 10.1. The van der Waals surface area contributed by atoms with Gasteiger partial charge in [0.15, 0.2) is 4.96 Å². The van der Waals surface area contributed by atoms with Crippen LogP contribution in [0.25, 0.3) is 16.2 Å². The SMILES string of the molecule is COc1ccc(-c2nc3sc(C(=O)O)c(C4CC4)n3c2C)cc1. The largest absolute Gasteiger partial charge is 0.497 e. The summed E-state index contributed by atoms with van der Waals surface area (Å²) in [6, 6.07) is 7.78. The number of fused-ring (bicyclic) bond motifs is 1. The summed E-state index contributed by atoms with van der Waals surface area (Å²) in [6.45, 7) is 2.00. The number of methoxy groups -OCH3 is 1. The van der Waals surface area contributed by atoms with Crippen LogP contribution in [-0.4, -0.2) is 27.6 Å². The van der Waals surface area contributed by atoms with Crippen LogP contribution in [0.5, 0.6) is 5.75 Å². The maximum Gasteiger partial charge on any atom is 0.347 e. The fourth-order valence-electron chi connectivity index (χ4n) is 2.97. The van der Waals surface area contributed by atoms with Crippen molar-refractivity contribution in [2.24, 2.45) is 0 Å². The van der Waals surface area contributed by atoms with Gasteiger partial charge in [-0.3, -0.25) is 4.40 Å². The molecule has 0 atom stereocenters. The highest BCUT2D eigenvalue weighted by Gasteiger charge is 2.34. The van der Waals surface area contributed by atoms with E-state index in [1.807, 2.05) is 35.6 Å². The first kappa shape index (κ1) is 14.3. The third-order valence-electron chi connectivity index (χ3n) is 4.27. The highest BCUT2D eigenvalue weighted by Crippen LogP contribution is 2.45. The number of nitrogens with zero attached hydrogens (tertiary/aromatic N) is 2. The number of benzene rings is 1. The molecule has 0 saturated heterocycles. The van der Waals surface area contributed by atoms with E-state index in [2.05, 4.69) is 4.98 Å². The molecule has 5 nitrogen and oxygen atoms in total. The molecule has 2 aromatic heterocycles. The molecule has 1 aliphatic carbocycles. The van der Waals surface area contributed by atoms with E-state index < -0.39 is 5.97 Å². The number of aromatic nitrogens is 2. The minimum absolute atomic E-state index is 0.353. The van der Waals surface area contributed by atoms with Gasteiger partial charge in [-0.15, -0.1) is 0 Å². The highest BCUT2D eigenvalue weighted by molar-refractivity contribution is 7.19. The lowest BCUT2D eigenvalue weighted by Crippen LogP contribution is -2.01. The van der Waals surface area contributed by atoms with Gasteiger partial charge in [0.05, 0.1) is 18.5 Å². The van der Waals surface area contributed by atoms with Crippen LogP contribution in [-0.2, 0) is 0 Å². The molecule has 1 aromatic carbocycles. The van der Waals surface area contributed by atoms with Gasteiger partial charge >= 0.3 is 5.97 Å². The van der Waals surface area contributed by atoms with Crippen LogP contribution in [0.3, 0.4) is 0 Å². The first-order chi connectivity index (χ1) is 11.1. The zero-order valence-corrected chi connectivity index (χ0v) is 13.7. The highest BCUT2D eigenvalue weighted by atomic mass is 32.1. The normalized spacial score (nSPS) is 14.3. The molecular formula is C17H16N2O3S. The number of carboxylic acid groups (broad SMARTS) is 1. The number of hydrogen-bond donors (Lipinski definition) is 1. The number of hydrogen-bond acceptors (Lipinski definition) is 4. The zero-order chi connectivity index (χ0) is 16.1. The van der Waals surface area contributed by atoms with Gasteiger partial charge in [-0.2, -0.15) is 0 Å². The number of thiazole rings is 1. The van der Waals surface area contributed by atoms with Crippen molar-refractivity contribution in [3.63, 3.8) is 0 Å². The van der Waals surface area contributed by atoms with Gasteiger partial charge in [-0.05, 0) is 44.0 Å². The first-order valence-corrected chi connectivity index (χ1v) is 8.31. The van der Waals surface area contributed by atoms with Gasteiger partial charge in [0.2, 0.25) is 0 Å². The van der Waals surface area contributed by atoms with E-state index in [0.29, 0.717) is 10.8 Å². The molecule has 6 heteroatoms. The fourth-order valence-corrected chi connectivity index (χ4v) is 4.07. The summed E-state index contributed by atoms with van der Waals surface area (Å²) in [6.07, 6.45) is 2.11. The van der Waals surface area contributed by atoms with Crippen molar-refractivity contribution in [1.82, 2.24) is 9.38 Å². The molecule has 0 radical (unpaired) electrons. The molecule has 1 fully saturated rings. The molecule has 1 N–H and O–H groups in total. The second-order valence-corrected chi connectivity index (χ2v) is 6.77. The number of rotatable bonds is 4. The third kappa shape index (κ3) is 2.21. The number of ether oxygens (including phenoxy) is 1. The Morgan fingerprint density at radius 2 is 2.04 bits per heavy atom. The quantitative estimate of drug-likeness (QED) is 0.787. The molecule has 2 heterocycles. The summed E-state index contributed by atoms with van der Waals surface area (Å²) < 4.78 is 7.22. The summed E-state index contributed by atoms with van der Waals surface area (Å²) in [7, 11) is 1.64. The van der Waals surface area contributed by atoms with Gasteiger partial charge < -0.3 is 9.84 Å². The molecule has 118 valence electrons. The predicted octanol–water partition coefficient (Wildman–Crippen LogP) is 3.96. The number of carbonyl (C=O) groups is 1. The monoisotopic (exact) mass is 328 g/mol. The van der Waals surface area contributed by atoms with Gasteiger partial charge in [0.1, 0.15) is 10.6 Å². The Labute approximate surface area is 137 Å². The van der Waals surface area contributed by atoms with Crippen molar-refractivity contribution < 1.29 is 14.6 Å². The molecule has 0 amide bonds. The number of imidazole rings is 1. The standard InChI is InChI=1S/C17H16N2O3S/c1-9-13(10-5-7-12(22-2)8-6-10)18-17-19(9)14(11-3-4-11)15(23-17)16(20)21/h5-8,11H,3-4H2,1-2H3,(H,20,21). The van der Waals surface area contributed by atoms with Gasteiger partial charge in [-0.1, -0.05) is 11.3 Å². The van der Waals surface area contributed by atoms with Crippen LogP contribution in [0.2, 0.25) is 0 Å². The Hall–Kier alpha value is -2.34. The van der Waals surface area contributed by atoms with Crippen molar-refractivity contribution in [3.8, 4) is 17.0 Å². The second-order valence-electron chi connectivity index (χ2n) is 5.79. The molecule has 23 heavy (non-hydrogen) atoms. The Bertz CT molecular complexity index is 904. The van der Waals surface area contributed by atoms with Crippen molar-refractivity contribution >= 4 is 22.3 Å². The topological polar surface area (TPSA) is 63.8 Å². The Morgan fingerprint density at radius 1 is 1.35 bits per heavy atom. The summed E-state index contributed by atoms with van der Waals surface area (Å²) in [5.74, 6) is 0.304. The maximum atomic E-state index is 11.5. The van der Waals surface area contributed by atoms with E-state index in [-0.39, 0.29) is 0 Å². The Balaban J connectivity index is 1.89. The zero-order valence-electron chi connectivity index (χ0n) is 12.9. The number of carboxylic acids is 1. The molecule has 0 bridgehead atoms. The molecule has 3 aromatic rings. The summed E-state index contributed by atoms with van der Waals surface area (Å²) in [4.78, 5) is 17.4. The molecule has 1 aliphatic rings. The smallest absolute Gasteiger partial charge is 0.347 e. The Morgan fingerprint density at radius 3 is 2.61 bits per heavy atom. The summed E-state index contributed by atoms with van der Waals surface area (Å²) in [5, 5.41) is 9.45. The van der Waals surface area contributed by atoms with Crippen molar-refractivity contribution in [2.45, 2.75) is 25.7 Å². The molecule has 1 saturated carbocycles. The van der Waals surface area contributed by atoms with Crippen LogP contribution in [0, 0.1) is 6.92 Å². The molecule has 4 rings (SSSR count). The van der Waals surface area contributed by atoms with Gasteiger partial charge in [0, 0.05) is 17.2 Å². The minimum atomic E-state index is -0.854. The van der Waals surface area contributed by atoms with E-state index in [4.69, 9.17) is 4.74 Å². The lowest BCUT2D eigenvalue weighted by Gasteiger charge is -2.04. The Kier molecular flexibility index (Phi) is 3.16. The maximum absolute atomic E-state index is 11.5. The van der Waals surface area contributed by atoms with Crippen LogP contribution in [0.1, 0.15) is 39.8 Å². The van der Waals surface area contributed by atoms with E-state index in [1.165, 1.54) is 11.3 Å². The fraction of sp³-hybridized carbons (Fsp3) is 0.294. The van der Waals surface area contributed by atoms with Crippen LogP contribution >= 0.6 is 11.3 Å². The molecule has 0 spiro atoms. The van der Waals surface area contributed by atoms with Crippen molar-refractivity contribution in [1.29, 1.82) is 0 Å². The predicted molar refractivity (Wildman–Crippen MR) is 88.7 cm³/mol. The molecular weight excluding hydrogens is 312 g/mol. The van der Waals surface area contributed by atoms with Crippen LogP contribution in [0.4, 0.5) is 0 Å². The molecule has 0 aliphatic heterocycles. The lowest BCUT2D eigenvalue weighted by molar-refractivity contribution is 0.0700. The van der Waals surface area contributed by atoms with Crippen LogP contribution < -0.4 is 4.74 Å².